The van der Waals surface area contributed by atoms with E-state index in [0.717, 1.165) is 5.56 Å². The van der Waals surface area contributed by atoms with Gasteiger partial charge in [-0.15, -0.1) is 0 Å². The summed E-state index contributed by atoms with van der Waals surface area (Å²) < 4.78 is 5.18. The van der Waals surface area contributed by atoms with Crippen LogP contribution < -0.4 is 21.7 Å². The number of hydrogen-bond acceptors (Lipinski definition) is 7. The van der Waals surface area contributed by atoms with E-state index in [1.807, 2.05) is 19.9 Å². The van der Waals surface area contributed by atoms with Gasteiger partial charge < -0.3 is 36.4 Å². The van der Waals surface area contributed by atoms with Crippen LogP contribution in [0.4, 0.5) is 4.79 Å². The predicted octanol–water partition coefficient (Wildman–Crippen LogP) is 0.761. The summed E-state index contributed by atoms with van der Waals surface area (Å²) >= 11 is 0. The number of carbonyl (C=O) groups is 5. The highest BCUT2D eigenvalue weighted by Gasteiger charge is 2.40. The van der Waals surface area contributed by atoms with Crippen LogP contribution in [0.1, 0.15) is 44.2 Å². The highest BCUT2D eigenvalue weighted by atomic mass is 16.5. The molecular weight excluding hydrogens is 542 g/mol. The van der Waals surface area contributed by atoms with Crippen LogP contribution in [0, 0.1) is 0 Å². The Kier molecular flexibility index (Phi) is 11.9. The Bertz CT molecular complexity index is 1230. The lowest BCUT2D eigenvalue weighted by Crippen LogP contribution is -2.58. The monoisotopic (exact) mass is 581 g/mol. The molecule has 0 saturated carbocycles. The first kappa shape index (κ1) is 32.1. The van der Waals surface area contributed by atoms with Crippen molar-refractivity contribution < 1.29 is 33.8 Å². The number of ether oxygens (including phenoxy) is 1. The standard InChI is InChI=1S/C30H39N5O7/c1-19(2)32-28(39)24-14-9-15-35(24)29(40)26(37)22(16-20-10-5-3-6-11-20)33-27(38)23(17-25(31)36)34-30(41)42-18-21-12-7-4-8-13-21/h3-8,10-13,19,22-24,26,37H,9,14-18H2,1-2H3,(H2,31,36)(H,32,39)(H,33,38)(H,34,41). The summed E-state index contributed by atoms with van der Waals surface area (Å²) in [5, 5.41) is 19.0. The first-order chi connectivity index (χ1) is 20.0. The Labute approximate surface area is 245 Å². The summed E-state index contributed by atoms with van der Waals surface area (Å²) in [4.78, 5) is 65.1. The second-order valence-electron chi connectivity index (χ2n) is 10.5. The number of hydrogen-bond donors (Lipinski definition) is 5. The number of benzene rings is 2. The minimum Gasteiger partial charge on any atom is -0.445 e. The third kappa shape index (κ3) is 9.58. The first-order valence-electron chi connectivity index (χ1n) is 13.9. The molecule has 1 aliphatic rings. The van der Waals surface area contributed by atoms with Gasteiger partial charge in [-0.25, -0.2) is 4.79 Å². The van der Waals surface area contributed by atoms with Gasteiger partial charge in [0.15, 0.2) is 6.10 Å². The molecule has 4 atom stereocenters. The zero-order chi connectivity index (χ0) is 30.6. The molecule has 42 heavy (non-hydrogen) atoms. The third-order valence-corrected chi connectivity index (χ3v) is 6.76. The highest BCUT2D eigenvalue weighted by Crippen LogP contribution is 2.20. The molecule has 0 bridgehead atoms. The number of aliphatic hydroxyl groups is 1. The number of alkyl carbamates (subject to hydrolysis) is 1. The van der Waals surface area contributed by atoms with Crippen molar-refractivity contribution in [1.82, 2.24) is 20.9 Å². The van der Waals surface area contributed by atoms with E-state index in [9.17, 15) is 29.1 Å². The number of likely N-dealkylation sites (tertiary alicyclic amines) is 1. The molecular formula is C30H39N5O7. The molecule has 12 heteroatoms. The Hall–Kier alpha value is -4.45. The zero-order valence-corrected chi connectivity index (χ0v) is 23.8. The molecule has 226 valence electrons. The molecule has 4 unspecified atom stereocenters. The lowest BCUT2D eigenvalue weighted by molar-refractivity contribution is -0.147. The van der Waals surface area contributed by atoms with Gasteiger partial charge in [0.05, 0.1) is 12.5 Å². The average molecular weight is 582 g/mol. The van der Waals surface area contributed by atoms with Crippen molar-refractivity contribution in [3.63, 3.8) is 0 Å². The van der Waals surface area contributed by atoms with E-state index in [2.05, 4.69) is 16.0 Å². The van der Waals surface area contributed by atoms with Gasteiger partial charge in [0.1, 0.15) is 18.7 Å². The van der Waals surface area contributed by atoms with E-state index in [1.165, 1.54) is 4.90 Å². The second-order valence-corrected chi connectivity index (χ2v) is 10.5. The quantitative estimate of drug-likeness (QED) is 0.232. The van der Waals surface area contributed by atoms with Gasteiger partial charge in [-0.05, 0) is 44.2 Å². The van der Waals surface area contributed by atoms with Crippen molar-refractivity contribution in [2.45, 2.75) is 76.4 Å². The van der Waals surface area contributed by atoms with Crippen LogP contribution in [-0.2, 0) is 36.9 Å². The topological polar surface area (TPSA) is 180 Å². The smallest absolute Gasteiger partial charge is 0.408 e. The van der Waals surface area contributed by atoms with Gasteiger partial charge in [0, 0.05) is 12.6 Å². The molecule has 0 spiro atoms. The Morgan fingerprint density at radius 1 is 0.952 bits per heavy atom. The summed E-state index contributed by atoms with van der Waals surface area (Å²) in [7, 11) is 0. The SMILES string of the molecule is CC(C)NC(=O)C1CCCN1C(=O)C(O)C(Cc1ccccc1)NC(=O)C(CC(N)=O)NC(=O)OCc1ccccc1. The lowest BCUT2D eigenvalue weighted by Gasteiger charge is -2.31. The summed E-state index contributed by atoms with van der Waals surface area (Å²) in [5.74, 6) is -2.72. The maximum absolute atomic E-state index is 13.5. The summed E-state index contributed by atoms with van der Waals surface area (Å²) in [6.45, 7) is 3.83. The van der Waals surface area contributed by atoms with Crippen LogP contribution in [0.25, 0.3) is 0 Å². The first-order valence-corrected chi connectivity index (χ1v) is 13.9. The number of nitrogens with one attached hydrogen (secondary N) is 3. The predicted molar refractivity (Wildman–Crippen MR) is 153 cm³/mol. The number of carbonyl (C=O) groups excluding carboxylic acids is 5. The van der Waals surface area contributed by atoms with Crippen LogP contribution in [-0.4, -0.2) is 76.5 Å². The number of nitrogens with two attached hydrogens (primary N) is 1. The van der Waals surface area contributed by atoms with E-state index in [4.69, 9.17) is 10.5 Å². The van der Waals surface area contributed by atoms with Gasteiger partial charge in [0.25, 0.3) is 5.91 Å². The third-order valence-electron chi connectivity index (χ3n) is 6.76. The van der Waals surface area contributed by atoms with Gasteiger partial charge in [0.2, 0.25) is 17.7 Å². The van der Waals surface area contributed by atoms with Crippen molar-refractivity contribution in [3.05, 3.63) is 71.8 Å². The molecule has 1 heterocycles. The van der Waals surface area contributed by atoms with Crippen LogP contribution in [0.3, 0.4) is 0 Å². The van der Waals surface area contributed by atoms with E-state index in [1.54, 1.807) is 54.6 Å². The van der Waals surface area contributed by atoms with Crippen molar-refractivity contribution in [1.29, 1.82) is 0 Å². The number of rotatable bonds is 13. The Morgan fingerprint density at radius 3 is 2.17 bits per heavy atom. The van der Waals surface area contributed by atoms with Crippen molar-refractivity contribution in [2.75, 3.05) is 6.54 Å². The van der Waals surface area contributed by atoms with Crippen LogP contribution in [0.2, 0.25) is 0 Å². The molecule has 5 amide bonds. The fourth-order valence-corrected chi connectivity index (χ4v) is 4.74. The van der Waals surface area contributed by atoms with Crippen molar-refractivity contribution >= 4 is 29.7 Å². The van der Waals surface area contributed by atoms with Crippen LogP contribution in [0.5, 0.6) is 0 Å². The Balaban J connectivity index is 1.75. The molecule has 1 saturated heterocycles. The van der Waals surface area contributed by atoms with E-state index in [0.29, 0.717) is 18.4 Å². The second kappa shape index (κ2) is 15.5. The molecule has 2 aromatic rings. The molecule has 3 rings (SSSR count). The molecule has 0 aliphatic carbocycles. The minimum atomic E-state index is -1.72. The number of amides is 5. The van der Waals surface area contributed by atoms with Crippen LogP contribution >= 0.6 is 0 Å². The summed E-state index contributed by atoms with van der Waals surface area (Å²) in [6.07, 6.45) is -2.13. The zero-order valence-electron chi connectivity index (χ0n) is 23.8. The average Bonchev–Trinajstić information content (AvgIpc) is 3.45. The van der Waals surface area contributed by atoms with Gasteiger partial charge in [-0.3, -0.25) is 19.2 Å². The van der Waals surface area contributed by atoms with Gasteiger partial charge in [-0.2, -0.15) is 0 Å². The van der Waals surface area contributed by atoms with Gasteiger partial charge in [-0.1, -0.05) is 60.7 Å². The number of aliphatic hydroxyl groups excluding tert-OH is 1. The summed E-state index contributed by atoms with van der Waals surface area (Å²) in [5.41, 5.74) is 6.77. The summed E-state index contributed by atoms with van der Waals surface area (Å²) in [6, 6.07) is 14.3. The molecule has 0 aromatic heterocycles. The molecule has 1 aliphatic heterocycles. The maximum Gasteiger partial charge on any atom is 0.408 e. The number of primary amides is 1. The van der Waals surface area contributed by atoms with Crippen molar-refractivity contribution in [2.24, 2.45) is 5.73 Å². The highest BCUT2D eigenvalue weighted by molar-refractivity contribution is 5.93. The van der Waals surface area contributed by atoms with Gasteiger partial charge >= 0.3 is 6.09 Å². The fraction of sp³-hybridized carbons (Fsp3) is 0.433. The molecule has 6 N–H and O–H groups in total. The van der Waals surface area contributed by atoms with E-state index in [-0.39, 0.29) is 31.5 Å². The molecule has 12 nitrogen and oxygen atoms in total. The fourth-order valence-electron chi connectivity index (χ4n) is 4.74. The number of nitrogens with zero attached hydrogens (tertiary/aromatic N) is 1. The lowest BCUT2D eigenvalue weighted by atomic mass is 9.99. The molecule has 0 radical (unpaired) electrons. The Morgan fingerprint density at radius 2 is 1.57 bits per heavy atom. The minimum absolute atomic E-state index is 0.0535. The molecule has 2 aromatic carbocycles. The maximum atomic E-state index is 13.5. The van der Waals surface area contributed by atoms with E-state index >= 15 is 0 Å². The van der Waals surface area contributed by atoms with E-state index < -0.39 is 54.5 Å². The largest absolute Gasteiger partial charge is 0.445 e. The van der Waals surface area contributed by atoms with Crippen LogP contribution in [0.15, 0.2) is 60.7 Å². The van der Waals surface area contributed by atoms with Crippen molar-refractivity contribution in [3.8, 4) is 0 Å². The molecule has 1 fully saturated rings. The normalized spacial score (nSPS) is 16.7.